The zero-order valence-electron chi connectivity index (χ0n) is 24.0. The summed E-state index contributed by atoms with van der Waals surface area (Å²) < 4.78 is 72.7. The minimum absolute atomic E-state index is 0.421. The monoisotopic (exact) mass is 615 g/mol. The molecule has 0 aliphatic rings. The Bertz CT molecular complexity index is 2270. The molecule has 8 heteroatoms. The van der Waals surface area contributed by atoms with Gasteiger partial charge in [0.25, 0.3) is 0 Å². The summed E-state index contributed by atoms with van der Waals surface area (Å²) in [5.41, 5.74) is 8.93. The third-order valence-electron chi connectivity index (χ3n) is 8.20. The van der Waals surface area contributed by atoms with Crippen molar-refractivity contribution in [1.82, 2.24) is 4.98 Å². The zero-order chi connectivity index (χ0) is 31.1. The van der Waals surface area contributed by atoms with E-state index in [9.17, 15) is 19.4 Å². The van der Waals surface area contributed by atoms with Gasteiger partial charge in [-0.25, -0.2) is 0 Å². The summed E-state index contributed by atoms with van der Waals surface area (Å²) in [5, 5.41) is 4.17. The third-order valence-corrected chi connectivity index (χ3v) is 9.37. The van der Waals surface area contributed by atoms with Crippen molar-refractivity contribution in [1.29, 1.82) is 0 Å². The number of pyridine rings is 1. The van der Waals surface area contributed by atoms with Crippen LogP contribution in [-0.4, -0.2) is 4.98 Å². The molecule has 0 saturated heterocycles. The maximum Gasteiger partial charge on any atom is 0.310 e. The van der Waals surface area contributed by atoms with Gasteiger partial charge < -0.3 is 4.42 Å². The summed E-state index contributed by atoms with van der Waals surface area (Å²) in [6.07, 6.45) is 1.83. The first-order valence-corrected chi connectivity index (χ1v) is 15.9. The largest absolute Gasteiger partial charge is 0.455 e. The minimum Gasteiger partial charge on any atom is -0.455 e. The fraction of sp³-hybridized carbons (Fsp3) is 0.0833. The van der Waals surface area contributed by atoms with Crippen LogP contribution in [0.4, 0.5) is 19.4 Å². The van der Waals surface area contributed by atoms with Gasteiger partial charge in [0.05, 0.1) is 5.69 Å². The Hall–Kier alpha value is -4.69. The first-order chi connectivity index (χ1) is 20.7. The van der Waals surface area contributed by atoms with E-state index in [4.69, 9.17) is 9.40 Å². The molecular formula is C36H26F5NOS. The van der Waals surface area contributed by atoms with Crippen molar-refractivity contribution in [3.63, 3.8) is 0 Å². The SMILES string of the molecule is Cc1cnc(-c2cccc3c2oc2c4ccccc4ccc32)cc1-c1c(C)cc(-c2ccc(S(F)(F)(F)(F)F)cc2)cc1C. The van der Waals surface area contributed by atoms with E-state index in [1.54, 1.807) is 0 Å². The lowest BCUT2D eigenvalue weighted by atomic mass is 9.89. The number of para-hydroxylation sites is 1. The van der Waals surface area contributed by atoms with E-state index in [0.29, 0.717) is 23.3 Å². The maximum atomic E-state index is 13.2. The van der Waals surface area contributed by atoms with E-state index in [-0.39, 0.29) is 0 Å². The molecule has 0 amide bonds. The first kappa shape index (κ1) is 28.1. The number of nitrogens with zero attached hydrogens (tertiary/aromatic N) is 1. The Kier molecular flexibility index (Phi) is 5.70. The van der Waals surface area contributed by atoms with Crippen LogP contribution in [0.5, 0.6) is 0 Å². The average Bonchev–Trinajstić information content (AvgIpc) is 3.36. The fourth-order valence-electron chi connectivity index (χ4n) is 6.13. The van der Waals surface area contributed by atoms with Gasteiger partial charge in [0.2, 0.25) is 0 Å². The van der Waals surface area contributed by atoms with Crippen molar-refractivity contribution in [3.8, 4) is 33.5 Å². The summed E-state index contributed by atoms with van der Waals surface area (Å²) in [7, 11) is -9.74. The van der Waals surface area contributed by atoms with E-state index in [1.807, 2.05) is 75.5 Å². The van der Waals surface area contributed by atoms with Gasteiger partial charge in [0.1, 0.15) is 16.1 Å². The smallest absolute Gasteiger partial charge is 0.310 e. The second kappa shape index (κ2) is 8.92. The molecule has 0 bridgehead atoms. The molecule has 0 aliphatic carbocycles. The molecule has 0 radical (unpaired) electrons. The minimum atomic E-state index is -9.74. The Morgan fingerprint density at radius 1 is 0.568 bits per heavy atom. The van der Waals surface area contributed by atoms with Crippen molar-refractivity contribution in [3.05, 3.63) is 120 Å². The molecule has 7 rings (SSSR count). The molecule has 2 aromatic heterocycles. The Morgan fingerprint density at radius 2 is 1.23 bits per heavy atom. The average molecular weight is 616 g/mol. The van der Waals surface area contributed by atoms with Crippen LogP contribution < -0.4 is 0 Å². The van der Waals surface area contributed by atoms with E-state index in [0.717, 1.165) is 83.9 Å². The highest BCUT2D eigenvalue weighted by atomic mass is 32.5. The molecule has 0 aliphatic heterocycles. The molecule has 7 aromatic rings. The number of furan rings is 1. The van der Waals surface area contributed by atoms with Crippen LogP contribution in [-0.2, 0) is 0 Å². The molecule has 0 saturated carbocycles. The highest BCUT2D eigenvalue weighted by Gasteiger charge is 2.65. The number of hydrogen-bond donors (Lipinski definition) is 0. The van der Waals surface area contributed by atoms with E-state index < -0.39 is 15.1 Å². The van der Waals surface area contributed by atoms with Crippen LogP contribution in [0.3, 0.4) is 0 Å². The number of aryl methyl sites for hydroxylation is 3. The number of benzene rings is 5. The lowest BCUT2D eigenvalue weighted by molar-refractivity contribution is 0.364. The molecule has 222 valence electrons. The maximum absolute atomic E-state index is 13.2. The second-order valence-corrected chi connectivity index (χ2v) is 13.7. The van der Waals surface area contributed by atoms with Gasteiger partial charge in [-0.2, -0.15) is 0 Å². The van der Waals surface area contributed by atoms with Crippen LogP contribution in [0.2, 0.25) is 0 Å². The fourth-order valence-corrected chi connectivity index (χ4v) is 6.78. The van der Waals surface area contributed by atoms with Gasteiger partial charge in [-0.1, -0.05) is 86.2 Å². The Labute approximate surface area is 250 Å². The van der Waals surface area contributed by atoms with E-state index in [1.165, 1.54) is 0 Å². The molecule has 2 heterocycles. The van der Waals surface area contributed by atoms with Crippen LogP contribution in [0, 0.1) is 20.8 Å². The molecule has 0 unspecified atom stereocenters. The quantitative estimate of drug-likeness (QED) is 0.184. The summed E-state index contributed by atoms with van der Waals surface area (Å²) >= 11 is 0. The predicted octanol–water partition coefficient (Wildman–Crippen LogP) is 12.7. The second-order valence-electron chi connectivity index (χ2n) is 11.3. The van der Waals surface area contributed by atoms with Crippen LogP contribution in [0.1, 0.15) is 16.7 Å². The summed E-state index contributed by atoms with van der Waals surface area (Å²) in [4.78, 5) is 2.87. The Morgan fingerprint density at radius 3 is 1.93 bits per heavy atom. The standard InChI is InChI=1S/C36H26F5NOS/c1-21-17-26(24-11-14-27(15-12-24)44(37,38,39,40)41)18-22(2)34(21)32-19-33(42-20-23(32)3)31-10-6-9-29-30-16-13-25-7-4-5-8-28(25)35(30)43-36(29)31/h4-20H,1-3H3. The van der Waals surface area contributed by atoms with Crippen LogP contribution in [0.25, 0.3) is 66.2 Å². The molecule has 0 atom stereocenters. The van der Waals surface area contributed by atoms with Gasteiger partial charge in [-0.15, -0.1) is 0 Å². The van der Waals surface area contributed by atoms with Crippen molar-refractivity contribution in [2.45, 2.75) is 25.7 Å². The van der Waals surface area contributed by atoms with Gasteiger partial charge in [0.15, 0.2) is 0 Å². The van der Waals surface area contributed by atoms with Crippen molar-refractivity contribution >= 4 is 42.9 Å². The van der Waals surface area contributed by atoms with Crippen LogP contribution >= 0.6 is 10.2 Å². The summed E-state index contributed by atoms with van der Waals surface area (Å²) in [5.74, 6) is 0. The number of hydrogen-bond acceptors (Lipinski definition) is 2. The highest BCUT2D eigenvalue weighted by Crippen LogP contribution is 3.02. The topological polar surface area (TPSA) is 26.0 Å². The van der Waals surface area contributed by atoms with Crippen molar-refractivity contribution in [2.24, 2.45) is 0 Å². The molecule has 0 fully saturated rings. The Balaban J connectivity index is 1.33. The van der Waals surface area contributed by atoms with E-state index >= 15 is 0 Å². The van der Waals surface area contributed by atoms with E-state index in [2.05, 4.69) is 24.3 Å². The van der Waals surface area contributed by atoms with Gasteiger partial charge >= 0.3 is 10.2 Å². The predicted molar refractivity (Wildman–Crippen MR) is 171 cm³/mol. The van der Waals surface area contributed by atoms with Crippen LogP contribution in [0.15, 0.2) is 113 Å². The first-order valence-electron chi connectivity index (χ1n) is 13.9. The number of fused-ring (bicyclic) bond motifs is 5. The molecule has 0 spiro atoms. The lowest BCUT2D eigenvalue weighted by Gasteiger charge is -2.40. The molecule has 0 N–H and O–H groups in total. The normalized spacial score (nSPS) is 13.8. The number of rotatable bonds is 4. The molecule has 5 aromatic carbocycles. The van der Waals surface area contributed by atoms with Crippen molar-refractivity contribution in [2.75, 3.05) is 0 Å². The third kappa shape index (κ3) is 4.70. The number of halogens is 5. The molecule has 2 nitrogen and oxygen atoms in total. The van der Waals surface area contributed by atoms with Gasteiger partial charge in [0, 0.05) is 27.9 Å². The zero-order valence-corrected chi connectivity index (χ0v) is 24.8. The highest BCUT2D eigenvalue weighted by molar-refractivity contribution is 8.45. The lowest BCUT2D eigenvalue weighted by Crippen LogP contribution is -2.05. The number of aromatic nitrogens is 1. The molecular weight excluding hydrogens is 589 g/mol. The van der Waals surface area contributed by atoms with Gasteiger partial charge in [-0.3, -0.25) is 4.98 Å². The van der Waals surface area contributed by atoms with Gasteiger partial charge in [-0.05, 0) is 95.4 Å². The summed E-state index contributed by atoms with van der Waals surface area (Å²) in [6, 6.07) is 27.2. The van der Waals surface area contributed by atoms with Crippen molar-refractivity contribution < 1.29 is 23.8 Å². The molecule has 44 heavy (non-hydrogen) atoms. The summed E-state index contributed by atoms with van der Waals surface area (Å²) in [6.45, 7) is 5.84.